The number of fused-ring (bicyclic) bond motifs is 3. The Morgan fingerprint density at radius 3 is 2.70 bits per heavy atom. The molecule has 3 aliphatic heterocycles. The molecule has 174 valence electrons. The molecule has 7 nitrogen and oxygen atoms in total. The van der Waals surface area contributed by atoms with Crippen molar-refractivity contribution in [2.24, 2.45) is 0 Å². The Morgan fingerprint density at radius 2 is 1.85 bits per heavy atom. The van der Waals surface area contributed by atoms with E-state index in [0.717, 1.165) is 56.0 Å². The highest BCUT2D eigenvalue weighted by molar-refractivity contribution is 6.03. The van der Waals surface area contributed by atoms with Crippen LogP contribution in [0.3, 0.4) is 0 Å². The summed E-state index contributed by atoms with van der Waals surface area (Å²) < 4.78 is 4.75. The highest BCUT2D eigenvalue weighted by Gasteiger charge is 2.31. The molecule has 0 bridgehead atoms. The summed E-state index contributed by atoms with van der Waals surface area (Å²) in [5.74, 6) is 0.0923. The molecular formula is C26H32N4O3. The second kappa shape index (κ2) is 9.53. The van der Waals surface area contributed by atoms with E-state index in [2.05, 4.69) is 21.2 Å². The fourth-order valence-corrected chi connectivity index (χ4v) is 5.46. The standard InChI is InChI=1S/C26H32N4O3/c1-33-26(32)27-21-11-10-20-9-8-19-5-2-3-7-23(19)30(24(20)17-21)25(31)12-14-28-15-16-29-13-4-6-22(29)18-28/h2-3,5,7,10-11,17,22H,4,6,8-9,12-16,18H2,1H3,(H,27,32)/t22-/m1/s1. The van der Waals surface area contributed by atoms with Gasteiger partial charge in [0.05, 0.1) is 18.5 Å². The van der Waals surface area contributed by atoms with Crippen LogP contribution in [0.5, 0.6) is 0 Å². The van der Waals surface area contributed by atoms with E-state index in [1.165, 1.54) is 32.1 Å². The van der Waals surface area contributed by atoms with Crippen LogP contribution in [0, 0.1) is 0 Å². The molecule has 33 heavy (non-hydrogen) atoms. The molecule has 1 N–H and O–H groups in total. The van der Waals surface area contributed by atoms with Crippen molar-refractivity contribution in [2.75, 3.05) is 50.1 Å². The van der Waals surface area contributed by atoms with Crippen molar-refractivity contribution >= 4 is 29.1 Å². The van der Waals surface area contributed by atoms with E-state index < -0.39 is 6.09 Å². The maximum Gasteiger partial charge on any atom is 0.411 e. The second-order valence-corrected chi connectivity index (χ2v) is 9.20. The van der Waals surface area contributed by atoms with Crippen LogP contribution < -0.4 is 10.2 Å². The zero-order chi connectivity index (χ0) is 22.8. The minimum Gasteiger partial charge on any atom is -0.453 e. The molecule has 5 rings (SSSR count). The molecule has 2 saturated heterocycles. The summed E-state index contributed by atoms with van der Waals surface area (Å²) in [7, 11) is 1.34. The van der Waals surface area contributed by atoms with Crippen LogP contribution in [0.1, 0.15) is 30.4 Å². The highest BCUT2D eigenvalue weighted by atomic mass is 16.5. The lowest BCUT2D eigenvalue weighted by molar-refractivity contribution is -0.118. The Bertz CT molecular complexity index is 1040. The van der Waals surface area contributed by atoms with Gasteiger partial charge >= 0.3 is 6.09 Å². The number of hydrogen-bond donors (Lipinski definition) is 1. The van der Waals surface area contributed by atoms with Crippen LogP contribution >= 0.6 is 0 Å². The van der Waals surface area contributed by atoms with Gasteiger partial charge in [0.15, 0.2) is 0 Å². The minimum atomic E-state index is -0.520. The highest BCUT2D eigenvalue weighted by Crippen LogP contribution is 2.38. The largest absolute Gasteiger partial charge is 0.453 e. The summed E-state index contributed by atoms with van der Waals surface area (Å²) in [6.45, 7) is 5.20. The van der Waals surface area contributed by atoms with Crippen molar-refractivity contribution in [2.45, 2.75) is 38.1 Å². The van der Waals surface area contributed by atoms with E-state index in [1.807, 2.05) is 41.3 Å². The lowest BCUT2D eigenvalue weighted by atomic mass is 10.0. The van der Waals surface area contributed by atoms with Gasteiger partial charge in [-0.05, 0) is 61.6 Å². The Morgan fingerprint density at radius 1 is 1.03 bits per heavy atom. The maximum atomic E-state index is 13.7. The third kappa shape index (κ3) is 4.61. The number of hydrogen-bond acceptors (Lipinski definition) is 5. The first kappa shape index (κ1) is 21.9. The van der Waals surface area contributed by atoms with Crippen molar-refractivity contribution in [1.82, 2.24) is 9.80 Å². The lowest BCUT2D eigenvalue weighted by Crippen LogP contribution is -2.50. The lowest BCUT2D eigenvalue weighted by Gasteiger charge is -2.37. The summed E-state index contributed by atoms with van der Waals surface area (Å²) in [4.78, 5) is 32.4. The van der Waals surface area contributed by atoms with Gasteiger partial charge in [-0.15, -0.1) is 0 Å². The molecule has 0 spiro atoms. The summed E-state index contributed by atoms with van der Waals surface area (Å²) in [5, 5.41) is 2.74. The fourth-order valence-electron chi connectivity index (χ4n) is 5.46. The molecular weight excluding hydrogens is 416 g/mol. The van der Waals surface area contributed by atoms with Crippen LogP contribution in [-0.2, 0) is 22.4 Å². The first-order valence-corrected chi connectivity index (χ1v) is 12.0. The predicted octanol–water partition coefficient (Wildman–Crippen LogP) is 3.80. The zero-order valence-electron chi connectivity index (χ0n) is 19.3. The molecule has 2 aromatic carbocycles. The molecule has 2 aromatic rings. The molecule has 2 fully saturated rings. The number of piperazine rings is 1. The number of amides is 2. The average Bonchev–Trinajstić information content (AvgIpc) is 3.24. The summed E-state index contributed by atoms with van der Waals surface area (Å²) in [6.07, 6.45) is 4.23. The molecule has 0 aliphatic carbocycles. The molecule has 0 unspecified atom stereocenters. The van der Waals surface area contributed by atoms with Gasteiger partial charge in [0.1, 0.15) is 0 Å². The fraction of sp³-hybridized carbons (Fsp3) is 0.462. The predicted molar refractivity (Wildman–Crippen MR) is 129 cm³/mol. The van der Waals surface area contributed by atoms with E-state index in [0.29, 0.717) is 18.2 Å². The molecule has 2 amide bonds. The van der Waals surface area contributed by atoms with Crippen molar-refractivity contribution in [3.05, 3.63) is 53.6 Å². The van der Waals surface area contributed by atoms with Gasteiger partial charge in [-0.3, -0.25) is 24.8 Å². The van der Waals surface area contributed by atoms with Crippen molar-refractivity contribution < 1.29 is 14.3 Å². The quantitative estimate of drug-likeness (QED) is 0.771. The van der Waals surface area contributed by atoms with Gasteiger partial charge in [-0.2, -0.15) is 0 Å². The van der Waals surface area contributed by atoms with Crippen molar-refractivity contribution in [3.63, 3.8) is 0 Å². The Labute approximate surface area is 195 Å². The number of carbonyl (C=O) groups is 2. The zero-order valence-corrected chi connectivity index (χ0v) is 19.3. The molecule has 3 aliphatic rings. The van der Waals surface area contributed by atoms with Crippen LogP contribution in [-0.4, -0.2) is 67.7 Å². The molecule has 0 radical (unpaired) electrons. The first-order chi connectivity index (χ1) is 16.1. The minimum absolute atomic E-state index is 0.0923. The van der Waals surface area contributed by atoms with Crippen molar-refractivity contribution in [3.8, 4) is 0 Å². The Kier molecular flexibility index (Phi) is 6.33. The van der Waals surface area contributed by atoms with E-state index in [-0.39, 0.29) is 5.91 Å². The number of nitrogens with one attached hydrogen (secondary N) is 1. The van der Waals surface area contributed by atoms with Gasteiger partial charge in [0.2, 0.25) is 5.91 Å². The van der Waals surface area contributed by atoms with E-state index in [4.69, 9.17) is 4.74 Å². The van der Waals surface area contributed by atoms with E-state index >= 15 is 0 Å². The molecule has 1 atom stereocenters. The maximum absolute atomic E-state index is 13.7. The van der Waals surface area contributed by atoms with Crippen LogP contribution in [0.25, 0.3) is 0 Å². The van der Waals surface area contributed by atoms with Gasteiger partial charge in [0.25, 0.3) is 0 Å². The van der Waals surface area contributed by atoms with Crippen LogP contribution in [0.2, 0.25) is 0 Å². The van der Waals surface area contributed by atoms with Crippen LogP contribution in [0.4, 0.5) is 21.9 Å². The number of rotatable bonds is 4. The molecule has 0 aromatic heterocycles. The number of anilines is 3. The van der Waals surface area contributed by atoms with Crippen LogP contribution in [0.15, 0.2) is 42.5 Å². The number of aryl methyl sites for hydroxylation is 2. The van der Waals surface area contributed by atoms with E-state index in [9.17, 15) is 9.59 Å². The first-order valence-electron chi connectivity index (χ1n) is 12.0. The number of nitrogens with zero attached hydrogens (tertiary/aromatic N) is 3. The normalized spacial score (nSPS) is 20.4. The SMILES string of the molecule is COC(=O)Nc1ccc2c(c1)N(C(=O)CCN1CCN3CCC[C@@H]3C1)c1ccccc1CC2. The van der Waals surface area contributed by atoms with Gasteiger partial charge in [-0.1, -0.05) is 24.3 Å². The number of para-hydroxylation sites is 1. The molecule has 0 saturated carbocycles. The monoisotopic (exact) mass is 448 g/mol. The second-order valence-electron chi connectivity index (χ2n) is 9.20. The van der Waals surface area contributed by atoms with Gasteiger partial charge < -0.3 is 4.74 Å². The Balaban J connectivity index is 1.39. The molecule has 3 heterocycles. The third-order valence-electron chi connectivity index (χ3n) is 7.22. The topological polar surface area (TPSA) is 65.1 Å². The number of methoxy groups -OCH3 is 1. The number of benzene rings is 2. The average molecular weight is 449 g/mol. The summed E-state index contributed by atoms with van der Waals surface area (Å²) >= 11 is 0. The van der Waals surface area contributed by atoms with E-state index in [1.54, 1.807) is 0 Å². The number of ether oxygens (including phenoxy) is 1. The summed E-state index contributed by atoms with van der Waals surface area (Å²) in [5.41, 5.74) is 4.69. The third-order valence-corrected chi connectivity index (χ3v) is 7.22. The Hall–Kier alpha value is -2.90. The van der Waals surface area contributed by atoms with Gasteiger partial charge in [-0.25, -0.2) is 4.79 Å². The molecule has 7 heteroatoms. The van der Waals surface area contributed by atoms with Crippen molar-refractivity contribution in [1.29, 1.82) is 0 Å². The summed E-state index contributed by atoms with van der Waals surface area (Å²) in [6, 6.07) is 14.6. The van der Waals surface area contributed by atoms with Gasteiger partial charge in [0, 0.05) is 44.3 Å². The number of carbonyl (C=O) groups excluding carboxylic acids is 2. The smallest absolute Gasteiger partial charge is 0.411 e.